The van der Waals surface area contributed by atoms with Crippen LogP contribution in [0, 0.1) is 0 Å². The van der Waals surface area contributed by atoms with Crippen molar-refractivity contribution >= 4 is 5.91 Å². The Hall–Kier alpha value is -1.36. The van der Waals surface area contributed by atoms with Crippen LogP contribution < -0.4 is 5.32 Å². The van der Waals surface area contributed by atoms with E-state index in [2.05, 4.69) is 10.5 Å². The lowest BCUT2D eigenvalue weighted by Crippen LogP contribution is -2.26. The highest BCUT2D eigenvalue weighted by atomic mass is 16.5. The van der Waals surface area contributed by atoms with Crippen LogP contribution in [0.5, 0.6) is 0 Å². The van der Waals surface area contributed by atoms with Gasteiger partial charge in [0.1, 0.15) is 5.76 Å². The first-order valence-electron chi connectivity index (χ1n) is 5.43. The Morgan fingerprint density at radius 3 is 2.75 bits per heavy atom. The smallest absolute Gasteiger partial charge is 0.273 e. The highest BCUT2D eigenvalue weighted by Gasteiger charge is 2.13. The third-order valence-electron chi connectivity index (χ3n) is 2.18. The summed E-state index contributed by atoms with van der Waals surface area (Å²) < 4.78 is 5.01. The number of carbonyl (C=O) groups is 1. The number of amides is 1. The lowest BCUT2D eigenvalue weighted by atomic mass is 10.1. The molecule has 1 rings (SSSR count). The molecule has 5 heteroatoms. The summed E-state index contributed by atoms with van der Waals surface area (Å²) in [6.07, 6.45) is 0.115. The normalized spacial score (nSPS) is 12.8. The summed E-state index contributed by atoms with van der Waals surface area (Å²) in [4.78, 5) is 11.5. The van der Waals surface area contributed by atoms with Gasteiger partial charge in [0.2, 0.25) is 0 Å². The Bertz CT molecular complexity index is 345. The monoisotopic (exact) mass is 226 g/mol. The summed E-state index contributed by atoms with van der Waals surface area (Å²) in [6, 6.07) is 1.64. The molecule has 1 aromatic heterocycles. The summed E-state index contributed by atoms with van der Waals surface area (Å²) in [5, 5.41) is 15.4. The van der Waals surface area contributed by atoms with Crippen LogP contribution in [-0.2, 0) is 0 Å². The number of carbonyl (C=O) groups excluding carboxylic acids is 1. The molecular weight excluding hydrogens is 208 g/mol. The molecule has 16 heavy (non-hydrogen) atoms. The van der Waals surface area contributed by atoms with Gasteiger partial charge in [0.15, 0.2) is 5.69 Å². The maximum absolute atomic E-state index is 11.5. The topological polar surface area (TPSA) is 75.4 Å². The minimum atomic E-state index is -0.413. The molecule has 0 saturated heterocycles. The highest BCUT2D eigenvalue weighted by Crippen LogP contribution is 2.14. The summed E-state index contributed by atoms with van der Waals surface area (Å²) in [7, 11) is 0. The zero-order valence-corrected chi connectivity index (χ0v) is 9.86. The molecule has 0 aliphatic rings. The van der Waals surface area contributed by atoms with Gasteiger partial charge in [0.25, 0.3) is 5.91 Å². The van der Waals surface area contributed by atoms with E-state index in [4.69, 9.17) is 9.63 Å². The van der Waals surface area contributed by atoms with Gasteiger partial charge >= 0.3 is 0 Å². The fourth-order valence-corrected chi connectivity index (χ4v) is 1.15. The fraction of sp³-hybridized carbons (Fsp3) is 0.636. The van der Waals surface area contributed by atoms with Crippen LogP contribution in [0.3, 0.4) is 0 Å². The van der Waals surface area contributed by atoms with Gasteiger partial charge in [-0.3, -0.25) is 4.79 Å². The average Bonchev–Trinajstić information content (AvgIpc) is 2.65. The molecule has 0 aromatic carbocycles. The Balaban J connectivity index is 2.46. The lowest BCUT2D eigenvalue weighted by Gasteiger charge is -2.04. The Morgan fingerprint density at radius 2 is 2.25 bits per heavy atom. The van der Waals surface area contributed by atoms with E-state index in [1.807, 2.05) is 13.8 Å². The van der Waals surface area contributed by atoms with Crippen LogP contribution in [0.15, 0.2) is 10.6 Å². The molecule has 0 bridgehead atoms. The summed E-state index contributed by atoms with van der Waals surface area (Å²) in [5.74, 6) is 0.642. The third-order valence-corrected chi connectivity index (χ3v) is 2.18. The van der Waals surface area contributed by atoms with Crippen molar-refractivity contribution in [3.8, 4) is 0 Å². The van der Waals surface area contributed by atoms with E-state index in [0.29, 0.717) is 18.7 Å². The lowest BCUT2D eigenvalue weighted by molar-refractivity contribution is 0.0936. The van der Waals surface area contributed by atoms with Gasteiger partial charge in [-0.2, -0.15) is 0 Å². The van der Waals surface area contributed by atoms with Crippen molar-refractivity contribution in [1.82, 2.24) is 10.5 Å². The van der Waals surface area contributed by atoms with E-state index < -0.39 is 6.10 Å². The molecule has 0 radical (unpaired) electrons. The van der Waals surface area contributed by atoms with Gasteiger partial charge in [0, 0.05) is 18.5 Å². The number of hydrogen-bond donors (Lipinski definition) is 2. The number of aromatic nitrogens is 1. The first-order valence-corrected chi connectivity index (χ1v) is 5.43. The Labute approximate surface area is 94.8 Å². The molecule has 1 unspecified atom stereocenters. The molecule has 1 heterocycles. The van der Waals surface area contributed by atoms with Gasteiger partial charge in [-0.25, -0.2) is 0 Å². The van der Waals surface area contributed by atoms with Gasteiger partial charge in [-0.05, 0) is 13.3 Å². The van der Waals surface area contributed by atoms with Gasteiger partial charge < -0.3 is 14.9 Å². The molecule has 0 aliphatic carbocycles. The molecule has 1 aromatic rings. The minimum Gasteiger partial charge on any atom is -0.393 e. The van der Waals surface area contributed by atoms with Crippen LogP contribution in [0.1, 0.15) is 49.4 Å². The van der Waals surface area contributed by atoms with Crippen molar-refractivity contribution in [2.45, 2.75) is 39.2 Å². The van der Waals surface area contributed by atoms with E-state index in [1.165, 1.54) is 0 Å². The molecule has 0 aliphatic heterocycles. The summed E-state index contributed by atoms with van der Waals surface area (Å²) in [5.41, 5.74) is 0.286. The quantitative estimate of drug-likeness (QED) is 0.793. The number of aliphatic hydroxyl groups is 1. The van der Waals surface area contributed by atoms with Crippen molar-refractivity contribution < 1.29 is 14.4 Å². The van der Waals surface area contributed by atoms with Crippen LogP contribution >= 0.6 is 0 Å². The second-order valence-corrected chi connectivity index (χ2v) is 4.16. The minimum absolute atomic E-state index is 0.214. The van der Waals surface area contributed by atoms with Crippen LogP contribution in [0.4, 0.5) is 0 Å². The van der Waals surface area contributed by atoms with Crippen molar-refractivity contribution in [2.75, 3.05) is 6.54 Å². The Kier molecular flexibility index (Phi) is 4.49. The Morgan fingerprint density at radius 1 is 1.56 bits per heavy atom. The standard InChI is InChI=1S/C11H18N2O3/c1-7(2)10-6-9(13-16-10)11(15)12-5-4-8(3)14/h6-8,14H,4-5H2,1-3H3,(H,12,15). The molecule has 1 atom stereocenters. The van der Waals surface area contributed by atoms with Gasteiger partial charge in [0.05, 0.1) is 6.10 Å². The first kappa shape index (κ1) is 12.7. The molecule has 2 N–H and O–H groups in total. The zero-order chi connectivity index (χ0) is 12.1. The molecule has 5 nitrogen and oxygen atoms in total. The van der Waals surface area contributed by atoms with Gasteiger partial charge in [-0.1, -0.05) is 19.0 Å². The predicted molar refractivity (Wildman–Crippen MR) is 59.2 cm³/mol. The fourth-order valence-electron chi connectivity index (χ4n) is 1.15. The molecule has 0 spiro atoms. The second kappa shape index (κ2) is 5.65. The summed E-state index contributed by atoms with van der Waals surface area (Å²) in [6.45, 7) is 6.05. The molecule has 90 valence electrons. The zero-order valence-electron chi connectivity index (χ0n) is 9.86. The number of rotatable bonds is 5. The molecule has 0 saturated carbocycles. The predicted octanol–water partition coefficient (Wildman–Crippen LogP) is 1.30. The van der Waals surface area contributed by atoms with Gasteiger partial charge in [-0.15, -0.1) is 0 Å². The average molecular weight is 226 g/mol. The van der Waals surface area contributed by atoms with E-state index in [9.17, 15) is 4.79 Å². The largest absolute Gasteiger partial charge is 0.393 e. The van der Waals surface area contributed by atoms with Crippen molar-refractivity contribution in [2.24, 2.45) is 0 Å². The van der Waals surface area contributed by atoms with Crippen molar-refractivity contribution in [3.05, 3.63) is 17.5 Å². The van der Waals surface area contributed by atoms with Crippen LogP contribution in [0.2, 0.25) is 0 Å². The number of nitrogens with zero attached hydrogens (tertiary/aromatic N) is 1. The van der Waals surface area contributed by atoms with Crippen molar-refractivity contribution in [1.29, 1.82) is 0 Å². The molecular formula is C11H18N2O3. The second-order valence-electron chi connectivity index (χ2n) is 4.16. The summed E-state index contributed by atoms with van der Waals surface area (Å²) >= 11 is 0. The van der Waals surface area contributed by atoms with E-state index in [1.54, 1.807) is 13.0 Å². The van der Waals surface area contributed by atoms with E-state index in [-0.39, 0.29) is 17.5 Å². The molecule has 0 fully saturated rings. The highest BCUT2D eigenvalue weighted by molar-refractivity contribution is 5.92. The van der Waals surface area contributed by atoms with E-state index >= 15 is 0 Å². The number of hydrogen-bond acceptors (Lipinski definition) is 4. The molecule has 1 amide bonds. The van der Waals surface area contributed by atoms with Crippen LogP contribution in [-0.4, -0.2) is 28.8 Å². The van der Waals surface area contributed by atoms with E-state index in [0.717, 1.165) is 0 Å². The number of aliphatic hydroxyl groups excluding tert-OH is 1. The first-order chi connectivity index (χ1) is 7.50. The number of nitrogens with one attached hydrogen (secondary N) is 1. The SMILES string of the molecule is CC(O)CCNC(=O)c1cc(C(C)C)on1. The maximum Gasteiger partial charge on any atom is 0.273 e. The van der Waals surface area contributed by atoms with Crippen molar-refractivity contribution in [3.63, 3.8) is 0 Å². The third kappa shape index (κ3) is 3.66. The van der Waals surface area contributed by atoms with Crippen LogP contribution in [0.25, 0.3) is 0 Å². The maximum atomic E-state index is 11.5.